The van der Waals surface area contributed by atoms with E-state index in [1.54, 1.807) is 12.1 Å². The molecular formula is C13H17N3O5. The van der Waals surface area contributed by atoms with Crippen LogP contribution < -0.4 is 16.4 Å². The fraction of sp³-hybridized carbons (Fsp3) is 0.308. The molecule has 1 rings (SSSR count). The van der Waals surface area contributed by atoms with Crippen LogP contribution in [-0.4, -0.2) is 37.8 Å². The van der Waals surface area contributed by atoms with E-state index < -0.39 is 24.1 Å². The molecule has 0 saturated heterocycles. The third kappa shape index (κ3) is 6.28. The van der Waals surface area contributed by atoms with Crippen molar-refractivity contribution in [1.82, 2.24) is 10.6 Å². The predicted molar refractivity (Wildman–Crippen MR) is 73.2 cm³/mol. The second kappa shape index (κ2) is 8.41. The third-order valence-corrected chi connectivity index (χ3v) is 2.47. The van der Waals surface area contributed by atoms with Gasteiger partial charge in [0.1, 0.15) is 12.6 Å². The second-order valence-corrected chi connectivity index (χ2v) is 4.03. The molecule has 0 saturated carbocycles. The molecule has 0 spiro atoms. The van der Waals surface area contributed by atoms with Gasteiger partial charge >= 0.3 is 18.1 Å². The van der Waals surface area contributed by atoms with Gasteiger partial charge in [-0.2, -0.15) is 0 Å². The van der Waals surface area contributed by atoms with E-state index in [2.05, 4.69) is 15.4 Å². The van der Waals surface area contributed by atoms with Gasteiger partial charge in [0.25, 0.3) is 0 Å². The number of urea groups is 1. The van der Waals surface area contributed by atoms with Crippen LogP contribution in [0.1, 0.15) is 5.56 Å². The summed E-state index contributed by atoms with van der Waals surface area (Å²) in [6, 6.07) is 7.15. The maximum atomic E-state index is 11.6. The fourth-order valence-electron chi connectivity index (χ4n) is 1.45. The molecule has 0 aliphatic heterocycles. The normalized spacial score (nSPS) is 11.1. The monoisotopic (exact) mass is 295 g/mol. The summed E-state index contributed by atoms with van der Waals surface area (Å²) in [4.78, 5) is 33.7. The SMILES string of the molecule is COC(=O)[C@H](CNC(N)=O)NC(=O)OCc1ccccc1. The van der Waals surface area contributed by atoms with Crippen molar-refractivity contribution in [3.63, 3.8) is 0 Å². The molecule has 1 atom stereocenters. The van der Waals surface area contributed by atoms with E-state index in [0.717, 1.165) is 12.7 Å². The lowest BCUT2D eigenvalue weighted by Gasteiger charge is -2.16. The summed E-state index contributed by atoms with van der Waals surface area (Å²) < 4.78 is 9.47. The predicted octanol–water partition coefficient (Wildman–Crippen LogP) is 0.123. The number of hydrogen-bond donors (Lipinski definition) is 3. The van der Waals surface area contributed by atoms with Crippen molar-refractivity contribution in [2.24, 2.45) is 5.73 Å². The standard InChI is InChI=1S/C13H17N3O5/c1-20-11(17)10(7-15-12(14)18)16-13(19)21-8-9-5-3-2-4-6-9/h2-6,10H,7-8H2,1H3,(H,16,19)(H3,14,15,18)/t10-/m0/s1. The number of nitrogens with two attached hydrogens (primary N) is 1. The van der Waals surface area contributed by atoms with Crippen LogP contribution in [0.25, 0.3) is 0 Å². The molecule has 8 nitrogen and oxygen atoms in total. The lowest BCUT2D eigenvalue weighted by atomic mass is 10.2. The Balaban J connectivity index is 2.47. The summed E-state index contributed by atoms with van der Waals surface area (Å²) >= 11 is 0. The number of hydrogen-bond acceptors (Lipinski definition) is 5. The highest BCUT2D eigenvalue weighted by Gasteiger charge is 2.22. The van der Waals surface area contributed by atoms with Crippen molar-refractivity contribution in [3.05, 3.63) is 35.9 Å². The highest BCUT2D eigenvalue weighted by Crippen LogP contribution is 2.00. The minimum absolute atomic E-state index is 0.0593. The number of esters is 1. The van der Waals surface area contributed by atoms with E-state index >= 15 is 0 Å². The first-order chi connectivity index (χ1) is 10.0. The highest BCUT2D eigenvalue weighted by atomic mass is 16.6. The minimum Gasteiger partial charge on any atom is -0.467 e. The molecule has 0 bridgehead atoms. The summed E-state index contributed by atoms with van der Waals surface area (Å²) in [7, 11) is 1.16. The smallest absolute Gasteiger partial charge is 0.408 e. The Morgan fingerprint density at radius 1 is 1.24 bits per heavy atom. The van der Waals surface area contributed by atoms with Gasteiger partial charge in [-0.1, -0.05) is 30.3 Å². The molecule has 3 amide bonds. The lowest BCUT2D eigenvalue weighted by Crippen LogP contribution is -2.49. The van der Waals surface area contributed by atoms with Gasteiger partial charge in [-0.25, -0.2) is 14.4 Å². The Morgan fingerprint density at radius 3 is 2.48 bits per heavy atom. The van der Waals surface area contributed by atoms with Crippen LogP contribution in [0, 0.1) is 0 Å². The zero-order valence-electron chi connectivity index (χ0n) is 11.5. The first-order valence-electron chi connectivity index (χ1n) is 6.11. The molecule has 1 aromatic carbocycles. The number of methoxy groups -OCH3 is 1. The summed E-state index contributed by atoms with van der Waals surface area (Å²) in [6.07, 6.45) is -0.805. The Morgan fingerprint density at radius 2 is 1.90 bits per heavy atom. The Labute approximate surface area is 121 Å². The van der Waals surface area contributed by atoms with Gasteiger partial charge in [0.2, 0.25) is 0 Å². The molecule has 0 aromatic heterocycles. The van der Waals surface area contributed by atoms with Crippen LogP contribution >= 0.6 is 0 Å². The molecule has 0 heterocycles. The largest absolute Gasteiger partial charge is 0.467 e. The van der Waals surface area contributed by atoms with Gasteiger partial charge in [-0.3, -0.25) is 0 Å². The first kappa shape index (κ1) is 16.3. The summed E-state index contributed by atoms with van der Waals surface area (Å²) in [5, 5.41) is 4.50. The molecule has 4 N–H and O–H groups in total. The zero-order valence-corrected chi connectivity index (χ0v) is 11.5. The number of nitrogens with one attached hydrogen (secondary N) is 2. The molecule has 0 unspecified atom stereocenters. The number of carbonyl (C=O) groups excluding carboxylic acids is 3. The summed E-state index contributed by atoms with van der Waals surface area (Å²) in [5.74, 6) is -0.722. The van der Waals surface area contributed by atoms with Crippen LogP contribution in [0.5, 0.6) is 0 Å². The van der Waals surface area contributed by atoms with E-state index in [1.807, 2.05) is 18.2 Å². The van der Waals surface area contributed by atoms with Crippen LogP contribution in [0.2, 0.25) is 0 Å². The maximum Gasteiger partial charge on any atom is 0.408 e. The van der Waals surface area contributed by atoms with E-state index in [4.69, 9.17) is 10.5 Å². The molecule has 8 heteroatoms. The second-order valence-electron chi connectivity index (χ2n) is 4.03. The third-order valence-electron chi connectivity index (χ3n) is 2.47. The van der Waals surface area contributed by atoms with Crippen LogP contribution in [0.4, 0.5) is 9.59 Å². The van der Waals surface area contributed by atoms with Crippen molar-refractivity contribution in [1.29, 1.82) is 0 Å². The lowest BCUT2D eigenvalue weighted by molar-refractivity contribution is -0.142. The van der Waals surface area contributed by atoms with Crippen LogP contribution in [0.3, 0.4) is 0 Å². The van der Waals surface area contributed by atoms with E-state index in [9.17, 15) is 14.4 Å². The molecule has 0 fully saturated rings. The fourth-order valence-corrected chi connectivity index (χ4v) is 1.45. The number of carbonyl (C=O) groups is 3. The van der Waals surface area contributed by atoms with Gasteiger partial charge in [0.15, 0.2) is 0 Å². The van der Waals surface area contributed by atoms with Crippen molar-refractivity contribution in [3.8, 4) is 0 Å². The van der Waals surface area contributed by atoms with Gasteiger partial charge in [0, 0.05) is 0 Å². The van der Waals surface area contributed by atoms with Crippen molar-refractivity contribution >= 4 is 18.1 Å². The number of rotatable bonds is 6. The number of ether oxygens (including phenoxy) is 2. The molecule has 21 heavy (non-hydrogen) atoms. The van der Waals surface area contributed by atoms with Gasteiger partial charge < -0.3 is 25.8 Å². The maximum absolute atomic E-state index is 11.6. The zero-order chi connectivity index (χ0) is 15.7. The number of alkyl carbamates (subject to hydrolysis) is 1. The van der Waals surface area contributed by atoms with Gasteiger partial charge in [-0.15, -0.1) is 0 Å². The molecule has 0 radical (unpaired) electrons. The minimum atomic E-state index is -1.08. The average molecular weight is 295 g/mol. The Kier molecular flexibility index (Phi) is 6.52. The topological polar surface area (TPSA) is 120 Å². The number of benzene rings is 1. The Hall–Kier alpha value is -2.77. The Bertz CT molecular complexity index is 492. The van der Waals surface area contributed by atoms with Gasteiger partial charge in [-0.05, 0) is 5.56 Å². The molecule has 0 aliphatic carbocycles. The summed E-state index contributed by atoms with van der Waals surface area (Å²) in [6.45, 7) is -0.133. The highest BCUT2D eigenvalue weighted by molar-refractivity contribution is 5.82. The van der Waals surface area contributed by atoms with E-state index in [1.165, 1.54) is 0 Å². The molecular weight excluding hydrogens is 278 g/mol. The van der Waals surface area contributed by atoms with E-state index in [0.29, 0.717) is 0 Å². The van der Waals surface area contributed by atoms with Crippen molar-refractivity contribution in [2.45, 2.75) is 12.6 Å². The van der Waals surface area contributed by atoms with Crippen LogP contribution in [0.15, 0.2) is 30.3 Å². The number of amides is 3. The van der Waals surface area contributed by atoms with Crippen molar-refractivity contribution < 1.29 is 23.9 Å². The summed E-state index contributed by atoms with van der Waals surface area (Å²) in [5.41, 5.74) is 5.70. The van der Waals surface area contributed by atoms with Crippen molar-refractivity contribution in [2.75, 3.05) is 13.7 Å². The quantitative estimate of drug-likeness (QED) is 0.644. The van der Waals surface area contributed by atoms with E-state index in [-0.39, 0.29) is 13.2 Å². The van der Waals surface area contributed by atoms with Crippen LogP contribution in [-0.2, 0) is 20.9 Å². The molecule has 1 aromatic rings. The first-order valence-corrected chi connectivity index (χ1v) is 6.11. The molecule has 0 aliphatic rings. The van der Waals surface area contributed by atoms with Gasteiger partial charge in [0.05, 0.1) is 13.7 Å². The number of primary amides is 1. The molecule has 114 valence electrons. The average Bonchev–Trinajstić information content (AvgIpc) is 2.49.